The molecule has 0 heterocycles. The van der Waals surface area contributed by atoms with Gasteiger partial charge in [-0.15, -0.1) is 11.8 Å². The summed E-state index contributed by atoms with van der Waals surface area (Å²) in [5, 5.41) is 16.9. The van der Waals surface area contributed by atoms with Gasteiger partial charge in [0, 0.05) is 18.0 Å². The van der Waals surface area contributed by atoms with Crippen LogP contribution in [0, 0.1) is 6.92 Å². The van der Waals surface area contributed by atoms with Crippen molar-refractivity contribution in [3.05, 3.63) is 59.2 Å². The van der Waals surface area contributed by atoms with Gasteiger partial charge in [-0.05, 0) is 55.0 Å². The zero-order valence-electron chi connectivity index (χ0n) is 16.5. The number of benzene rings is 2. The summed E-state index contributed by atoms with van der Waals surface area (Å²) in [5.74, 6) is 1.42. The first kappa shape index (κ1) is 21.1. The Hall–Kier alpha value is -2.18. The largest absolute Gasteiger partial charge is 0.497 e. The highest BCUT2D eigenvalue weighted by molar-refractivity contribution is 7.98. The highest BCUT2D eigenvalue weighted by atomic mass is 32.2. The number of nitrogens with one attached hydrogen (secondary N) is 2. The van der Waals surface area contributed by atoms with Gasteiger partial charge in [0.2, 0.25) is 0 Å². The number of hydrogen-bond donors (Lipinski definition) is 3. The van der Waals surface area contributed by atoms with Crippen LogP contribution in [-0.4, -0.2) is 37.5 Å². The summed E-state index contributed by atoms with van der Waals surface area (Å²) >= 11 is 1.73. The SMILES string of the molecule is CCNC(=NCc1ccc(C)cc1SC)NCC(O)c1cccc(OC)c1. The highest BCUT2D eigenvalue weighted by Gasteiger charge is 2.10. The van der Waals surface area contributed by atoms with E-state index in [0.29, 0.717) is 19.0 Å². The van der Waals surface area contributed by atoms with Crippen molar-refractivity contribution in [2.75, 3.05) is 26.5 Å². The highest BCUT2D eigenvalue weighted by Crippen LogP contribution is 2.22. The standard InChI is InChI=1S/C21H29N3O2S/c1-5-22-21(23-13-17-10-9-15(2)11-20(17)27-4)24-14-19(25)16-7-6-8-18(12-16)26-3/h6-12,19,25H,5,13-14H2,1-4H3,(H2,22,23,24). The van der Waals surface area contributed by atoms with Crippen LogP contribution in [0.4, 0.5) is 0 Å². The van der Waals surface area contributed by atoms with Gasteiger partial charge in [0.15, 0.2) is 5.96 Å². The molecular formula is C21H29N3O2S. The number of hydrogen-bond acceptors (Lipinski definition) is 4. The average Bonchev–Trinajstić information content (AvgIpc) is 2.70. The molecule has 5 nitrogen and oxygen atoms in total. The van der Waals surface area contributed by atoms with E-state index in [4.69, 9.17) is 4.74 Å². The molecule has 0 aliphatic carbocycles. The summed E-state index contributed by atoms with van der Waals surface area (Å²) in [6.45, 7) is 5.82. The quantitative estimate of drug-likeness (QED) is 0.367. The second kappa shape index (κ2) is 10.8. The molecule has 0 saturated carbocycles. The van der Waals surface area contributed by atoms with Crippen molar-refractivity contribution in [2.45, 2.75) is 31.4 Å². The number of aliphatic hydroxyl groups excluding tert-OH is 1. The Morgan fingerprint density at radius 2 is 2.04 bits per heavy atom. The fraction of sp³-hybridized carbons (Fsp3) is 0.381. The van der Waals surface area contributed by atoms with Crippen LogP contribution in [0.3, 0.4) is 0 Å². The van der Waals surface area contributed by atoms with Gasteiger partial charge >= 0.3 is 0 Å². The van der Waals surface area contributed by atoms with Gasteiger partial charge in [-0.25, -0.2) is 4.99 Å². The summed E-state index contributed by atoms with van der Waals surface area (Å²) in [5.41, 5.74) is 3.25. The van der Waals surface area contributed by atoms with Crippen LogP contribution in [0.1, 0.15) is 29.7 Å². The first-order valence-electron chi connectivity index (χ1n) is 9.05. The minimum atomic E-state index is -0.648. The summed E-state index contributed by atoms with van der Waals surface area (Å²) in [6.07, 6.45) is 1.43. The molecule has 0 amide bonds. The van der Waals surface area contributed by atoms with Crippen molar-refractivity contribution >= 4 is 17.7 Å². The number of nitrogens with zero attached hydrogens (tertiary/aromatic N) is 1. The lowest BCUT2D eigenvalue weighted by Crippen LogP contribution is -2.39. The lowest BCUT2D eigenvalue weighted by atomic mass is 10.1. The first-order chi connectivity index (χ1) is 13.1. The Balaban J connectivity index is 2.03. The Morgan fingerprint density at radius 3 is 2.74 bits per heavy atom. The Morgan fingerprint density at radius 1 is 1.22 bits per heavy atom. The molecule has 1 unspecified atom stereocenters. The second-order valence-electron chi connectivity index (χ2n) is 6.18. The Labute approximate surface area is 166 Å². The second-order valence-corrected chi connectivity index (χ2v) is 7.03. The van der Waals surface area contributed by atoms with E-state index in [9.17, 15) is 5.11 Å². The van der Waals surface area contributed by atoms with E-state index in [-0.39, 0.29) is 0 Å². The van der Waals surface area contributed by atoms with Gasteiger partial charge in [-0.1, -0.05) is 24.3 Å². The number of guanidine groups is 1. The van der Waals surface area contributed by atoms with Crippen LogP contribution in [0.25, 0.3) is 0 Å². The Kier molecular flexibility index (Phi) is 8.48. The molecule has 146 valence electrons. The number of methoxy groups -OCH3 is 1. The molecule has 3 N–H and O–H groups in total. The lowest BCUT2D eigenvalue weighted by molar-refractivity contribution is 0.180. The van der Waals surface area contributed by atoms with Crippen LogP contribution in [0.15, 0.2) is 52.4 Å². The molecule has 27 heavy (non-hydrogen) atoms. The van der Waals surface area contributed by atoms with Crippen molar-refractivity contribution in [3.8, 4) is 5.75 Å². The smallest absolute Gasteiger partial charge is 0.191 e. The zero-order valence-corrected chi connectivity index (χ0v) is 17.3. The van der Waals surface area contributed by atoms with Crippen molar-refractivity contribution in [1.29, 1.82) is 0 Å². The van der Waals surface area contributed by atoms with Gasteiger partial charge < -0.3 is 20.5 Å². The number of aryl methyl sites for hydroxylation is 1. The first-order valence-corrected chi connectivity index (χ1v) is 10.3. The molecule has 0 fully saturated rings. The summed E-state index contributed by atoms with van der Waals surface area (Å²) < 4.78 is 5.22. The van der Waals surface area contributed by atoms with Crippen molar-refractivity contribution in [1.82, 2.24) is 10.6 Å². The molecule has 1 atom stereocenters. The molecular weight excluding hydrogens is 358 g/mol. The van der Waals surface area contributed by atoms with Gasteiger partial charge in [0.1, 0.15) is 5.75 Å². The van der Waals surface area contributed by atoms with Crippen molar-refractivity contribution < 1.29 is 9.84 Å². The Bertz CT molecular complexity index is 765. The average molecular weight is 388 g/mol. The summed E-state index contributed by atoms with van der Waals surface area (Å²) in [4.78, 5) is 5.91. The molecule has 0 bridgehead atoms. The maximum atomic E-state index is 10.5. The summed E-state index contributed by atoms with van der Waals surface area (Å²) in [7, 11) is 1.62. The minimum Gasteiger partial charge on any atom is -0.497 e. The third-order valence-corrected chi connectivity index (χ3v) is 4.96. The van der Waals surface area contributed by atoms with E-state index in [2.05, 4.69) is 47.0 Å². The van der Waals surface area contributed by atoms with Crippen LogP contribution in [0.5, 0.6) is 5.75 Å². The maximum absolute atomic E-state index is 10.5. The van der Waals surface area contributed by atoms with Gasteiger partial charge in [0.25, 0.3) is 0 Å². The van der Waals surface area contributed by atoms with Crippen molar-refractivity contribution in [3.63, 3.8) is 0 Å². The van der Waals surface area contributed by atoms with E-state index in [0.717, 1.165) is 17.9 Å². The normalized spacial score (nSPS) is 12.6. The molecule has 2 rings (SSSR count). The van der Waals surface area contributed by atoms with Crippen LogP contribution in [0.2, 0.25) is 0 Å². The number of thioether (sulfide) groups is 1. The number of rotatable bonds is 8. The monoisotopic (exact) mass is 387 g/mol. The molecule has 0 aromatic heterocycles. The molecule has 0 spiro atoms. The van der Waals surface area contributed by atoms with Gasteiger partial charge in [-0.2, -0.15) is 0 Å². The van der Waals surface area contributed by atoms with E-state index in [1.807, 2.05) is 31.2 Å². The van der Waals surface area contributed by atoms with Crippen molar-refractivity contribution in [2.24, 2.45) is 4.99 Å². The molecule has 2 aromatic carbocycles. The van der Waals surface area contributed by atoms with Crippen LogP contribution < -0.4 is 15.4 Å². The summed E-state index contributed by atoms with van der Waals surface area (Å²) in [6, 6.07) is 13.9. The zero-order chi connectivity index (χ0) is 19.6. The predicted molar refractivity (Wildman–Crippen MR) is 114 cm³/mol. The maximum Gasteiger partial charge on any atom is 0.191 e. The fourth-order valence-corrected chi connectivity index (χ4v) is 3.35. The fourth-order valence-electron chi connectivity index (χ4n) is 2.65. The lowest BCUT2D eigenvalue weighted by Gasteiger charge is -2.16. The van der Waals surface area contributed by atoms with E-state index in [1.54, 1.807) is 18.9 Å². The van der Waals surface area contributed by atoms with E-state index < -0.39 is 6.10 Å². The van der Waals surface area contributed by atoms with Gasteiger partial charge in [0.05, 0.1) is 19.8 Å². The van der Waals surface area contributed by atoms with E-state index in [1.165, 1.54) is 16.0 Å². The third-order valence-electron chi connectivity index (χ3n) is 4.14. The van der Waals surface area contributed by atoms with Gasteiger partial charge in [-0.3, -0.25) is 0 Å². The van der Waals surface area contributed by atoms with Crippen LogP contribution >= 0.6 is 11.8 Å². The molecule has 2 aromatic rings. The topological polar surface area (TPSA) is 65.9 Å². The molecule has 0 radical (unpaired) electrons. The third kappa shape index (κ3) is 6.48. The molecule has 0 saturated heterocycles. The molecule has 0 aliphatic heterocycles. The molecule has 0 aliphatic rings. The predicted octanol–water partition coefficient (Wildman–Crippen LogP) is 3.51. The van der Waals surface area contributed by atoms with E-state index >= 15 is 0 Å². The number of ether oxygens (including phenoxy) is 1. The minimum absolute atomic E-state index is 0.363. The number of aliphatic hydroxyl groups is 1. The van der Waals surface area contributed by atoms with Crippen LogP contribution in [-0.2, 0) is 6.54 Å². The molecule has 6 heteroatoms. The number of aliphatic imine (C=N–C) groups is 1.